The predicted molar refractivity (Wildman–Crippen MR) is 80.4 cm³/mol. The van der Waals surface area contributed by atoms with Gasteiger partial charge in [-0.2, -0.15) is 0 Å². The van der Waals surface area contributed by atoms with Gasteiger partial charge >= 0.3 is 0 Å². The molecule has 0 radical (unpaired) electrons. The molecular weight excluding hydrogens is 290 g/mol. The van der Waals surface area contributed by atoms with E-state index in [1.807, 2.05) is 24.1 Å². The van der Waals surface area contributed by atoms with Crippen LogP contribution in [0.3, 0.4) is 0 Å². The number of furan rings is 1. The highest BCUT2D eigenvalue weighted by atomic mass is 35.5. The van der Waals surface area contributed by atoms with Crippen molar-refractivity contribution in [3.63, 3.8) is 0 Å². The van der Waals surface area contributed by atoms with Gasteiger partial charge in [0.2, 0.25) is 0 Å². The first kappa shape index (κ1) is 13.9. The van der Waals surface area contributed by atoms with E-state index < -0.39 is 0 Å². The van der Waals surface area contributed by atoms with Gasteiger partial charge in [0.15, 0.2) is 0 Å². The summed E-state index contributed by atoms with van der Waals surface area (Å²) in [4.78, 5) is 18.6. The second-order valence-corrected chi connectivity index (χ2v) is 5.35. The van der Waals surface area contributed by atoms with E-state index in [0.29, 0.717) is 23.8 Å². The number of rotatable bonds is 4. The molecule has 21 heavy (non-hydrogen) atoms. The fourth-order valence-electron chi connectivity index (χ4n) is 2.21. The molecule has 3 heterocycles. The molecule has 0 aliphatic heterocycles. The maximum absolute atomic E-state index is 12.1. The Morgan fingerprint density at radius 2 is 2.19 bits per heavy atom. The van der Waals surface area contributed by atoms with Crippen molar-refractivity contribution < 1.29 is 4.42 Å². The molecule has 3 aromatic rings. The molecule has 0 aliphatic carbocycles. The quantitative estimate of drug-likeness (QED) is 0.743. The summed E-state index contributed by atoms with van der Waals surface area (Å²) in [5.41, 5.74) is 1.17. The van der Waals surface area contributed by atoms with Crippen molar-refractivity contribution in [3.8, 4) is 0 Å². The maximum atomic E-state index is 12.1. The highest BCUT2D eigenvalue weighted by Crippen LogP contribution is 2.10. The van der Waals surface area contributed by atoms with E-state index in [2.05, 4.69) is 4.98 Å². The highest BCUT2D eigenvalue weighted by molar-refractivity contribution is 6.30. The molecule has 0 amide bonds. The molecule has 0 fully saturated rings. The molecule has 3 rings (SSSR count). The van der Waals surface area contributed by atoms with Crippen molar-refractivity contribution in [1.82, 2.24) is 14.3 Å². The minimum Gasteiger partial charge on any atom is -0.468 e. The summed E-state index contributed by atoms with van der Waals surface area (Å²) in [5.74, 6) is 0.877. The third-order valence-corrected chi connectivity index (χ3v) is 3.34. The molecule has 0 bridgehead atoms. The van der Waals surface area contributed by atoms with Crippen molar-refractivity contribution >= 4 is 17.2 Å². The summed E-state index contributed by atoms with van der Waals surface area (Å²) in [6.45, 7) is 1.23. The normalized spacial score (nSPS) is 11.4. The third-order valence-electron chi connectivity index (χ3n) is 3.11. The minimum absolute atomic E-state index is 0.135. The fraction of sp³-hybridized carbons (Fsp3) is 0.200. The van der Waals surface area contributed by atoms with Crippen molar-refractivity contribution in [2.45, 2.75) is 13.1 Å². The lowest BCUT2D eigenvalue weighted by molar-refractivity contribution is 0.285. The Morgan fingerprint density at radius 1 is 1.33 bits per heavy atom. The minimum atomic E-state index is -0.135. The molecule has 5 nitrogen and oxygen atoms in total. The van der Waals surface area contributed by atoms with Crippen LogP contribution in [0.15, 0.2) is 52.0 Å². The monoisotopic (exact) mass is 303 g/mol. The van der Waals surface area contributed by atoms with Crippen LogP contribution in [0, 0.1) is 0 Å². The average Bonchev–Trinajstić information content (AvgIpc) is 2.92. The first-order valence-corrected chi connectivity index (χ1v) is 6.88. The Hall–Kier alpha value is -2.11. The van der Waals surface area contributed by atoms with Crippen molar-refractivity contribution in [1.29, 1.82) is 0 Å². The number of halogens is 1. The number of hydrogen-bond acceptors (Lipinski definition) is 4. The van der Waals surface area contributed by atoms with Crippen molar-refractivity contribution in [2.75, 3.05) is 7.05 Å². The van der Waals surface area contributed by atoms with Gasteiger partial charge in [-0.05, 0) is 31.3 Å². The smallest absolute Gasteiger partial charge is 0.258 e. The molecule has 3 aromatic heterocycles. The van der Waals surface area contributed by atoms with Gasteiger partial charge in [0.25, 0.3) is 5.56 Å². The van der Waals surface area contributed by atoms with Crippen LogP contribution >= 0.6 is 11.6 Å². The van der Waals surface area contributed by atoms with Gasteiger partial charge in [-0.25, -0.2) is 4.98 Å². The fourth-order valence-corrected chi connectivity index (χ4v) is 2.37. The first-order valence-electron chi connectivity index (χ1n) is 6.50. The van der Waals surface area contributed by atoms with Crippen LogP contribution in [0.5, 0.6) is 0 Å². The Balaban J connectivity index is 1.84. The lowest BCUT2D eigenvalue weighted by Gasteiger charge is -2.14. The van der Waals surface area contributed by atoms with Gasteiger partial charge < -0.3 is 4.42 Å². The van der Waals surface area contributed by atoms with E-state index in [0.717, 1.165) is 11.5 Å². The van der Waals surface area contributed by atoms with E-state index in [4.69, 9.17) is 16.0 Å². The van der Waals surface area contributed by atoms with Crippen LogP contribution in [-0.2, 0) is 13.1 Å². The summed E-state index contributed by atoms with van der Waals surface area (Å²) in [6, 6.07) is 8.76. The summed E-state index contributed by atoms with van der Waals surface area (Å²) < 4.78 is 6.75. The SMILES string of the molecule is CN(Cc1cc(=O)n2cc(Cl)ccc2n1)Cc1ccco1. The van der Waals surface area contributed by atoms with E-state index >= 15 is 0 Å². The topological polar surface area (TPSA) is 50.8 Å². The Labute approximate surface area is 126 Å². The summed E-state index contributed by atoms with van der Waals surface area (Å²) in [5, 5.41) is 0.508. The van der Waals surface area contributed by atoms with E-state index in [-0.39, 0.29) is 5.56 Å². The Kier molecular flexibility index (Phi) is 3.77. The Bertz CT molecular complexity index is 811. The van der Waals surface area contributed by atoms with E-state index in [1.165, 1.54) is 10.5 Å². The summed E-state index contributed by atoms with van der Waals surface area (Å²) >= 11 is 5.89. The lowest BCUT2D eigenvalue weighted by atomic mass is 10.3. The first-order chi connectivity index (χ1) is 10.1. The van der Waals surface area contributed by atoms with Crippen LogP contribution < -0.4 is 5.56 Å². The van der Waals surface area contributed by atoms with Crippen molar-refractivity contribution in [2.24, 2.45) is 0 Å². The maximum Gasteiger partial charge on any atom is 0.258 e. The molecule has 0 saturated carbocycles. The van der Waals surface area contributed by atoms with Gasteiger partial charge in [0, 0.05) is 18.8 Å². The Morgan fingerprint density at radius 3 is 2.95 bits per heavy atom. The molecular formula is C15H14ClN3O2. The van der Waals surface area contributed by atoms with Gasteiger partial charge in [0.05, 0.1) is 23.5 Å². The number of pyridine rings is 1. The molecule has 0 spiro atoms. The third kappa shape index (κ3) is 3.15. The van der Waals surface area contributed by atoms with E-state index in [1.54, 1.807) is 24.6 Å². The zero-order valence-corrected chi connectivity index (χ0v) is 12.2. The second kappa shape index (κ2) is 5.71. The molecule has 0 saturated heterocycles. The summed E-state index contributed by atoms with van der Waals surface area (Å²) in [6.07, 6.45) is 3.22. The number of nitrogens with zero attached hydrogens (tertiary/aromatic N) is 3. The molecule has 0 aromatic carbocycles. The number of hydrogen-bond donors (Lipinski definition) is 0. The standard InChI is InChI=1S/C15H14ClN3O2/c1-18(10-13-3-2-6-21-13)9-12-7-15(20)19-8-11(16)4-5-14(19)17-12/h2-8H,9-10H2,1H3. The predicted octanol–water partition coefficient (Wildman–Crippen LogP) is 2.57. The van der Waals surface area contributed by atoms with Gasteiger partial charge in [-0.3, -0.25) is 14.1 Å². The van der Waals surface area contributed by atoms with Crippen LogP contribution in [0.4, 0.5) is 0 Å². The zero-order chi connectivity index (χ0) is 14.8. The highest BCUT2D eigenvalue weighted by Gasteiger charge is 2.07. The molecule has 0 atom stereocenters. The average molecular weight is 304 g/mol. The number of aromatic nitrogens is 2. The van der Waals surface area contributed by atoms with Crippen LogP contribution in [0.25, 0.3) is 5.65 Å². The molecule has 0 unspecified atom stereocenters. The second-order valence-electron chi connectivity index (χ2n) is 4.91. The molecule has 108 valence electrons. The van der Waals surface area contributed by atoms with Crippen LogP contribution in [-0.4, -0.2) is 21.3 Å². The molecule has 6 heteroatoms. The van der Waals surface area contributed by atoms with Crippen LogP contribution in [0.2, 0.25) is 5.02 Å². The van der Waals surface area contributed by atoms with Gasteiger partial charge in [-0.15, -0.1) is 0 Å². The van der Waals surface area contributed by atoms with Gasteiger partial charge in [-0.1, -0.05) is 11.6 Å². The van der Waals surface area contributed by atoms with Gasteiger partial charge in [0.1, 0.15) is 11.4 Å². The lowest BCUT2D eigenvalue weighted by Crippen LogP contribution is -2.21. The van der Waals surface area contributed by atoms with Crippen molar-refractivity contribution in [3.05, 3.63) is 69.6 Å². The molecule has 0 aliphatic rings. The summed E-state index contributed by atoms with van der Waals surface area (Å²) in [7, 11) is 1.95. The largest absolute Gasteiger partial charge is 0.468 e. The molecule has 0 N–H and O–H groups in total. The van der Waals surface area contributed by atoms with E-state index in [9.17, 15) is 4.79 Å². The number of fused-ring (bicyclic) bond motifs is 1. The zero-order valence-electron chi connectivity index (χ0n) is 11.5. The van der Waals surface area contributed by atoms with Crippen LogP contribution in [0.1, 0.15) is 11.5 Å².